The minimum atomic E-state index is 0.467. The van der Waals surface area contributed by atoms with Gasteiger partial charge in [0, 0.05) is 25.6 Å². The molecule has 0 bridgehead atoms. The van der Waals surface area contributed by atoms with Gasteiger partial charge in [-0.3, -0.25) is 0 Å². The third-order valence-electron chi connectivity index (χ3n) is 4.47. The van der Waals surface area contributed by atoms with Gasteiger partial charge < -0.3 is 10.2 Å². The number of fused-ring (bicyclic) bond motifs is 1. The maximum atomic E-state index is 4.72. The average Bonchev–Trinajstić information content (AvgIpc) is 2.99. The molecule has 0 amide bonds. The monoisotopic (exact) mass is 283 g/mol. The van der Waals surface area contributed by atoms with Crippen molar-refractivity contribution < 1.29 is 0 Å². The molecule has 0 radical (unpaired) electrons. The van der Waals surface area contributed by atoms with Gasteiger partial charge in [0.2, 0.25) is 11.9 Å². The summed E-state index contributed by atoms with van der Waals surface area (Å²) in [6.45, 7) is 4.02. The zero-order valence-corrected chi connectivity index (χ0v) is 12.2. The molecule has 5 heteroatoms. The Hall–Kier alpha value is -2.04. The molecule has 1 unspecified atom stereocenters. The highest BCUT2D eigenvalue weighted by atomic mass is 15.5. The smallest absolute Gasteiger partial charge is 0.246 e. The van der Waals surface area contributed by atoms with Gasteiger partial charge in [-0.25, -0.2) is 4.68 Å². The first-order valence-electron chi connectivity index (χ1n) is 7.89. The minimum absolute atomic E-state index is 0.467. The predicted molar refractivity (Wildman–Crippen MR) is 83.8 cm³/mol. The van der Waals surface area contributed by atoms with Gasteiger partial charge in [0.1, 0.15) is 0 Å². The van der Waals surface area contributed by atoms with E-state index in [-0.39, 0.29) is 0 Å². The Kier molecular flexibility index (Phi) is 3.25. The van der Waals surface area contributed by atoms with E-state index in [1.54, 1.807) is 0 Å². The summed E-state index contributed by atoms with van der Waals surface area (Å²) < 4.78 is 2.03. The van der Waals surface area contributed by atoms with Gasteiger partial charge >= 0.3 is 0 Å². The molecule has 2 aromatic rings. The summed E-state index contributed by atoms with van der Waals surface area (Å²) in [5.74, 6) is 2.28. The molecule has 2 aliphatic rings. The zero-order valence-electron chi connectivity index (χ0n) is 12.2. The summed E-state index contributed by atoms with van der Waals surface area (Å²) in [4.78, 5) is 6.98. The molecule has 1 N–H and O–H groups in total. The van der Waals surface area contributed by atoms with E-state index in [9.17, 15) is 0 Å². The van der Waals surface area contributed by atoms with Crippen LogP contribution < -0.4 is 10.2 Å². The van der Waals surface area contributed by atoms with Crippen LogP contribution in [0.5, 0.6) is 0 Å². The van der Waals surface area contributed by atoms with Crippen LogP contribution in [-0.2, 0) is 6.54 Å². The Labute approximate surface area is 125 Å². The normalized spacial score (nSPS) is 21.7. The molecule has 5 nitrogen and oxygen atoms in total. The van der Waals surface area contributed by atoms with Crippen LogP contribution in [0.25, 0.3) is 0 Å². The van der Waals surface area contributed by atoms with Crippen LogP contribution in [0.15, 0.2) is 30.3 Å². The Morgan fingerprint density at radius 2 is 1.86 bits per heavy atom. The molecular weight excluding hydrogens is 262 g/mol. The standard InChI is InChI=1S/C16H21N5/c1-3-7-13(8-4-1)14-11-17-15-18-16(19-21(15)12-14)20-9-5-2-6-10-20/h1,3-4,7-8,14H,2,5-6,9-12H2,(H,17,18,19). The van der Waals surface area contributed by atoms with Crippen LogP contribution in [0.4, 0.5) is 11.9 Å². The maximum Gasteiger partial charge on any atom is 0.246 e. The lowest BCUT2D eigenvalue weighted by molar-refractivity contribution is 0.500. The van der Waals surface area contributed by atoms with Gasteiger partial charge in [0.05, 0.1) is 6.54 Å². The Morgan fingerprint density at radius 3 is 2.67 bits per heavy atom. The molecular formula is C16H21N5. The fourth-order valence-electron chi connectivity index (χ4n) is 3.25. The largest absolute Gasteiger partial charge is 0.354 e. The van der Waals surface area contributed by atoms with Crippen molar-refractivity contribution in [1.82, 2.24) is 14.8 Å². The van der Waals surface area contributed by atoms with Crippen molar-refractivity contribution >= 4 is 11.9 Å². The second-order valence-corrected chi connectivity index (χ2v) is 5.95. The average molecular weight is 283 g/mol. The Morgan fingerprint density at radius 1 is 1.05 bits per heavy atom. The van der Waals surface area contributed by atoms with Crippen molar-refractivity contribution in [3.05, 3.63) is 35.9 Å². The second-order valence-electron chi connectivity index (χ2n) is 5.95. The number of anilines is 2. The van der Waals surface area contributed by atoms with Crippen LogP contribution in [0.3, 0.4) is 0 Å². The van der Waals surface area contributed by atoms with Crippen LogP contribution in [-0.4, -0.2) is 34.4 Å². The lowest BCUT2D eigenvalue weighted by Gasteiger charge is -2.25. The molecule has 0 aliphatic carbocycles. The Bertz CT molecular complexity index is 600. The molecule has 3 heterocycles. The summed E-state index contributed by atoms with van der Waals surface area (Å²) in [5, 5.41) is 8.15. The number of piperidine rings is 1. The van der Waals surface area contributed by atoms with E-state index in [0.717, 1.165) is 38.1 Å². The van der Waals surface area contributed by atoms with Gasteiger partial charge in [-0.2, -0.15) is 4.98 Å². The van der Waals surface area contributed by atoms with Gasteiger partial charge in [-0.1, -0.05) is 30.3 Å². The van der Waals surface area contributed by atoms with Gasteiger partial charge in [0.15, 0.2) is 0 Å². The van der Waals surface area contributed by atoms with Crippen LogP contribution in [0.2, 0.25) is 0 Å². The fraction of sp³-hybridized carbons (Fsp3) is 0.500. The molecule has 1 atom stereocenters. The topological polar surface area (TPSA) is 46.0 Å². The molecule has 0 saturated carbocycles. The van der Waals surface area contributed by atoms with E-state index in [0.29, 0.717) is 5.92 Å². The number of rotatable bonds is 2. The number of hydrogen-bond acceptors (Lipinski definition) is 4. The maximum absolute atomic E-state index is 4.72. The molecule has 1 fully saturated rings. The van der Waals surface area contributed by atoms with Crippen LogP contribution in [0.1, 0.15) is 30.7 Å². The predicted octanol–water partition coefficient (Wildman–Crippen LogP) is 2.48. The molecule has 110 valence electrons. The van der Waals surface area contributed by atoms with Crippen molar-refractivity contribution in [2.45, 2.75) is 31.7 Å². The quantitative estimate of drug-likeness (QED) is 0.919. The number of nitrogens with one attached hydrogen (secondary N) is 1. The summed E-state index contributed by atoms with van der Waals surface area (Å²) in [6.07, 6.45) is 3.84. The van der Waals surface area contributed by atoms with Crippen molar-refractivity contribution in [1.29, 1.82) is 0 Å². The molecule has 0 spiro atoms. The van der Waals surface area contributed by atoms with E-state index in [1.807, 2.05) is 4.68 Å². The van der Waals surface area contributed by atoms with E-state index < -0.39 is 0 Å². The van der Waals surface area contributed by atoms with E-state index in [2.05, 4.69) is 45.5 Å². The molecule has 1 aromatic heterocycles. The lowest BCUT2D eigenvalue weighted by Crippen LogP contribution is -2.30. The summed E-state index contributed by atoms with van der Waals surface area (Å²) in [7, 11) is 0. The van der Waals surface area contributed by atoms with Gasteiger partial charge in [0.25, 0.3) is 0 Å². The second kappa shape index (κ2) is 5.39. The molecule has 2 aliphatic heterocycles. The van der Waals surface area contributed by atoms with Crippen molar-refractivity contribution in [3.63, 3.8) is 0 Å². The highest BCUT2D eigenvalue weighted by Crippen LogP contribution is 2.26. The summed E-state index contributed by atoms with van der Waals surface area (Å²) in [6, 6.07) is 10.7. The SMILES string of the molecule is c1ccc(C2CNc3nc(N4CCCCC4)nn3C2)cc1. The van der Waals surface area contributed by atoms with Crippen molar-refractivity contribution in [2.75, 3.05) is 29.9 Å². The fourth-order valence-corrected chi connectivity index (χ4v) is 3.25. The minimum Gasteiger partial charge on any atom is -0.354 e. The molecule has 1 aromatic carbocycles. The first-order chi connectivity index (χ1) is 10.4. The molecule has 4 rings (SSSR count). The molecule has 1 saturated heterocycles. The highest BCUT2D eigenvalue weighted by Gasteiger charge is 2.24. The lowest BCUT2D eigenvalue weighted by atomic mass is 9.98. The Balaban J connectivity index is 1.54. The number of benzene rings is 1. The van der Waals surface area contributed by atoms with Gasteiger partial charge in [-0.05, 0) is 24.8 Å². The summed E-state index contributed by atoms with van der Waals surface area (Å²) in [5.41, 5.74) is 1.37. The van der Waals surface area contributed by atoms with Crippen molar-refractivity contribution in [2.24, 2.45) is 0 Å². The van der Waals surface area contributed by atoms with Gasteiger partial charge in [-0.15, -0.1) is 5.10 Å². The van der Waals surface area contributed by atoms with E-state index in [4.69, 9.17) is 5.10 Å². The van der Waals surface area contributed by atoms with E-state index in [1.165, 1.54) is 24.8 Å². The molecule has 21 heavy (non-hydrogen) atoms. The number of nitrogens with zero attached hydrogens (tertiary/aromatic N) is 4. The summed E-state index contributed by atoms with van der Waals surface area (Å²) >= 11 is 0. The third kappa shape index (κ3) is 2.48. The van der Waals surface area contributed by atoms with Crippen molar-refractivity contribution in [3.8, 4) is 0 Å². The number of hydrogen-bond donors (Lipinski definition) is 1. The van der Waals surface area contributed by atoms with Crippen LogP contribution in [0, 0.1) is 0 Å². The first-order valence-corrected chi connectivity index (χ1v) is 7.89. The third-order valence-corrected chi connectivity index (χ3v) is 4.47. The first kappa shape index (κ1) is 12.7. The number of aromatic nitrogens is 3. The zero-order chi connectivity index (χ0) is 14.1. The van der Waals surface area contributed by atoms with E-state index >= 15 is 0 Å². The highest BCUT2D eigenvalue weighted by molar-refractivity contribution is 5.40. The van der Waals surface area contributed by atoms with Crippen LogP contribution >= 0.6 is 0 Å².